The Morgan fingerprint density at radius 2 is 1.89 bits per heavy atom. The van der Waals surface area contributed by atoms with Gasteiger partial charge >= 0.3 is 0 Å². The van der Waals surface area contributed by atoms with Crippen LogP contribution >= 0.6 is 15.9 Å². The van der Waals surface area contributed by atoms with Crippen LogP contribution < -0.4 is 19.9 Å². The van der Waals surface area contributed by atoms with Crippen molar-refractivity contribution in [2.45, 2.75) is 0 Å². The first-order valence-corrected chi connectivity index (χ1v) is 8.87. The van der Waals surface area contributed by atoms with Crippen molar-refractivity contribution in [2.24, 2.45) is 0 Å². The zero-order chi connectivity index (χ0) is 19.4. The molecule has 0 aromatic heterocycles. The molecule has 6 nitrogen and oxygen atoms in total. The SMILES string of the molecule is C=CCOc1ccc(/C=C2\C(=O)NN(c3ccc(Br)cc3)C2=O)cc1OC. The normalized spacial score (nSPS) is 15.0. The Labute approximate surface area is 165 Å². The van der Waals surface area contributed by atoms with Gasteiger partial charge < -0.3 is 9.47 Å². The van der Waals surface area contributed by atoms with Crippen molar-refractivity contribution in [3.63, 3.8) is 0 Å². The van der Waals surface area contributed by atoms with Gasteiger partial charge in [-0.05, 0) is 48.0 Å². The van der Waals surface area contributed by atoms with Crippen molar-refractivity contribution in [3.8, 4) is 11.5 Å². The molecule has 7 heteroatoms. The maximum Gasteiger partial charge on any atom is 0.282 e. The summed E-state index contributed by atoms with van der Waals surface area (Å²) in [5.41, 5.74) is 3.84. The summed E-state index contributed by atoms with van der Waals surface area (Å²) in [4.78, 5) is 24.9. The molecule has 2 aromatic rings. The molecule has 27 heavy (non-hydrogen) atoms. The molecule has 3 rings (SSSR count). The third kappa shape index (κ3) is 4.03. The van der Waals surface area contributed by atoms with Gasteiger partial charge in [0.2, 0.25) is 0 Å². The largest absolute Gasteiger partial charge is 0.493 e. The number of amides is 2. The van der Waals surface area contributed by atoms with E-state index in [9.17, 15) is 9.59 Å². The molecule has 0 saturated carbocycles. The number of hydrazine groups is 1. The number of nitrogens with one attached hydrogen (secondary N) is 1. The maximum atomic E-state index is 12.7. The third-order valence-electron chi connectivity index (χ3n) is 3.83. The minimum Gasteiger partial charge on any atom is -0.493 e. The Bertz CT molecular complexity index is 922. The predicted molar refractivity (Wildman–Crippen MR) is 106 cm³/mol. The van der Waals surface area contributed by atoms with Crippen LogP contribution in [0.25, 0.3) is 6.08 Å². The molecule has 1 N–H and O–H groups in total. The Kier molecular flexibility index (Phi) is 5.61. The fraction of sp³-hybridized carbons (Fsp3) is 0.100. The van der Waals surface area contributed by atoms with E-state index < -0.39 is 11.8 Å². The van der Waals surface area contributed by atoms with Gasteiger partial charge in [-0.2, -0.15) is 0 Å². The van der Waals surface area contributed by atoms with Crippen molar-refractivity contribution in [3.05, 3.63) is 70.7 Å². The molecule has 1 heterocycles. The highest BCUT2D eigenvalue weighted by Crippen LogP contribution is 2.30. The third-order valence-corrected chi connectivity index (χ3v) is 4.36. The zero-order valence-corrected chi connectivity index (χ0v) is 16.2. The van der Waals surface area contributed by atoms with Crippen LogP contribution in [0.2, 0.25) is 0 Å². The van der Waals surface area contributed by atoms with Gasteiger partial charge in [-0.25, -0.2) is 5.01 Å². The number of ether oxygens (including phenoxy) is 2. The molecule has 1 aliphatic rings. The fourth-order valence-electron chi connectivity index (χ4n) is 2.54. The molecule has 2 amide bonds. The standard InChI is InChI=1S/C20H17BrN2O4/c1-3-10-27-17-9-4-13(12-18(17)26-2)11-16-19(24)22-23(20(16)25)15-7-5-14(21)6-8-15/h3-9,11-12H,1,10H2,2H3,(H,22,24)/b16-11+. The Hall–Kier alpha value is -3.06. The summed E-state index contributed by atoms with van der Waals surface area (Å²) < 4.78 is 11.7. The van der Waals surface area contributed by atoms with E-state index in [1.165, 1.54) is 18.2 Å². The first-order chi connectivity index (χ1) is 13.0. The van der Waals surface area contributed by atoms with Crippen molar-refractivity contribution < 1.29 is 19.1 Å². The van der Waals surface area contributed by atoms with Crippen LogP contribution in [0.5, 0.6) is 11.5 Å². The van der Waals surface area contributed by atoms with Gasteiger partial charge in [0.25, 0.3) is 11.8 Å². The van der Waals surface area contributed by atoms with Gasteiger partial charge in [0.15, 0.2) is 11.5 Å². The fourth-order valence-corrected chi connectivity index (χ4v) is 2.80. The van der Waals surface area contributed by atoms with Gasteiger partial charge in [-0.3, -0.25) is 15.0 Å². The summed E-state index contributed by atoms with van der Waals surface area (Å²) in [5.74, 6) is 0.169. The summed E-state index contributed by atoms with van der Waals surface area (Å²) in [7, 11) is 1.52. The smallest absolute Gasteiger partial charge is 0.282 e. The summed E-state index contributed by atoms with van der Waals surface area (Å²) in [6, 6.07) is 12.2. The van der Waals surface area contributed by atoms with Crippen molar-refractivity contribution >= 4 is 39.5 Å². The number of carbonyl (C=O) groups excluding carboxylic acids is 2. The van der Waals surface area contributed by atoms with E-state index in [1.54, 1.807) is 48.5 Å². The first kappa shape index (κ1) is 18.7. The molecular weight excluding hydrogens is 412 g/mol. The second-order valence-electron chi connectivity index (χ2n) is 5.63. The molecule has 0 radical (unpaired) electrons. The van der Waals surface area contributed by atoms with Crippen molar-refractivity contribution in [1.82, 2.24) is 5.43 Å². The van der Waals surface area contributed by atoms with Crippen LogP contribution in [0.1, 0.15) is 5.56 Å². The number of benzene rings is 2. The first-order valence-electron chi connectivity index (χ1n) is 8.08. The van der Waals surface area contributed by atoms with Crippen molar-refractivity contribution in [2.75, 3.05) is 18.7 Å². The molecule has 1 saturated heterocycles. The van der Waals surface area contributed by atoms with E-state index in [-0.39, 0.29) is 5.57 Å². The molecule has 138 valence electrons. The van der Waals surface area contributed by atoms with Crippen LogP contribution in [0.3, 0.4) is 0 Å². The number of hydrogen-bond donors (Lipinski definition) is 1. The van der Waals surface area contributed by atoms with E-state index in [0.717, 1.165) is 4.47 Å². The molecule has 2 aromatic carbocycles. The maximum absolute atomic E-state index is 12.7. The topological polar surface area (TPSA) is 67.9 Å². The second kappa shape index (κ2) is 8.09. The molecule has 0 atom stereocenters. The van der Waals surface area contributed by atoms with Crippen LogP contribution in [-0.4, -0.2) is 25.5 Å². The van der Waals surface area contributed by atoms with E-state index in [0.29, 0.717) is 29.4 Å². The van der Waals surface area contributed by atoms with Gasteiger partial charge in [0.1, 0.15) is 12.2 Å². The molecule has 0 spiro atoms. The molecule has 1 fully saturated rings. The molecule has 1 aliphatic heterocycles. The summed E-state index contributed by atoms with van der Waals surface area (Å²) in [5, 5.41) is 1.22. The van der Waals surface area contributed by atoms with Crippen LogP contribution in [0, 0.1) is 0 Å². The van der Waals surface area contributed by atoms with Gasteiger partial charge in [-0.15, -0.1) is 0 Å². The monoisotopic (exact) mass is 428 g/mol. The summed E-state index contributed by atoms with van der Waals surface area (Å²) >= 11 is 3.34. The lowest BCUT2D eigenvalue weighted by Gasteiger charge is -2.14. The van der Waals surface area contributed by atoms with E-state index in [2.05, 4.69) is 27.9 Å². The molecule has 0 bridgehead atoms. The second-order valence-corrected chi connectivity index (χ2v) is 6.54. The molecule has 0 unspecified atom stereocenters. The van der Waals surface area contributed by atoms with Crippen LogP contribution in [0.4, 0.5) is 5.69 Å². The minimum absolute atomic E-state index is 0.0414. The Morgan fingerprint density at radius 1 is 1.15 bits per heavy atom. The average molecular weight is 429 g/mol. The highest BCUT2D eigenvalue weighted by Gasteiger charge is 2.34. The number of carbonyl (C=O) groups is 2. The summed E-state index contributed by atoms with van der Waals surface area (Å²) in [6.07, 6.45) is 3.16. The lowest BCUT2D eigenvalue weighted by Crippen LogP contribution is -2.35. The van der Waals surface area contributed by atoms with Gasteiger partial charge in [0, 0.05) is 4.47 Å². The number of halogens is 1. The number of methoxy groups -OCH3 is 1. The Balaban J connectivity index is 1.88. The Morgan fingerprint density at radius 3 is 2.56 bits per heavy atom. The zero-order valence-electron chi connectivity index (χ0n) is 14.6. The lowest BCUT2D eigenvalue weighted by molar-refractivity contribution is -0.117. The minimum atomic E-state index is -0.464. The van der Waals surface area contributed by atoms with Crippen molar-refractivity contribution in [1.29, 1.82) is 0 Å². The van der Waals surface area contributed by atoms with E-state index in [1.807, 2.05) is 0 Å². The van der Waals surface area contributed by atoms with Gasteiger partial charge in [0.05, 0.1) is 12.8 Å². The van der Waals surface area contributed by atoms with Gasteiger partial charge in [-0.1, -0.05) is 34.7 Å². The van der Waals surface area contributed by atoms with Crippen LogP contribution in [-0.2, 0) is 9.59 Å². The number of nitrogens with zero attached hydrogens (tertiary/aromatic N) is 1. The van der Waals surface area contributed by atoms with Crippen LogP contribution in [0.15, 0.2) is 65.2 Å². The number of anilines is 1. The molecule has 0 aliphatic carbocycles. The quantitative estimate of drug-likeness (QED) is 0.434. The summed E-state index contributed by atoms with van der Waals surface area (Å²) in [6.45, 7) is 3.95. The lowest BCUT2D eigenvalue weighted by atomic mass is 10.1. The highest BCUT2D eigenvalue weighted by molar-refractivity contribution is 9.10. The highest BCUT2D eigenvalue weighted by atomic mass is 79.9. The predicted octanol–water partition coefficient (Wildman–Crippen LogP) is 3.48. The van der Waals surface area contributed by atoms with E-state index in [4.69, 9.17) is 9.47 Å². The molecular formula is C20H17BrN2O4. The van der Waals surface area contributed by atoms with E-state index >= 15 is 0 Å². The average Bonchev–Trinajstić information content (AvgIpc) is 2.95. The number of hydrogen-bond acceptors (Lipinski definition) is 4. The number of rotatable bonds is 6.